The van der Waals surface area contributed by atoms with Crippen molar-refractivity contribution in [3.05, 3.63) is 59.9 Å². The van der Waals surface area contributed by atoms with E-state index in [1.54, 1.807) is 25.1 Å². The van der Waals surface area contributed by atoms with E-state index in [-0.39, 0.29) is 30.6 Å². The fourth-order valence-electron chi connectivity index (χ4n) is 2.93. The number of hydrogen-bond donors (Lipinski definition) is 2. The number of carbonyl (C=O) groups is 2. The lowest BCUT2D eigenvalue weighted by Crippen LogP contribution is -2.37. The van der Waals surface area contributed by atoms with Gasteiger partial charge in [-0.05, 0) is 37.3 Å². The number of nitrogens with one attached hydrogen (secondary N) is 1. The van der Waals surface area contributed by atoms with Crippen molar-refractivity contribution in [3.8, 4) is 17.2 Å². The topological polar surface area (TPSA) is 116 Å². The van der Waals surface area contributed by atoms with E-state index in [2.05, 4.69) is 20.6 Å². The number of hydrogen-bond acceptors (Lipinski definition) is 7. The summed E-state index contributed by atoms with van der Waals surface area (Å²) in [5.41, 5.74) is 0.425. The molecule has 0 unspecified atom stereocenters. The molecule has 0 saturated heterocycles. The second-order valence-corrected chi connectivity index (χ2v) is 6.36. The Balaban J connectivity index is 1.59. The zero-order valence-corrected chi connectivity index (χ0v) is 15.5. The van der Waals surface area contributed by atoms with E-state index in [9.17, 15) is 14.7 Å². The third-order valence-electron chi connectivity index (χ3n) is 4.39. The fourth-order valence-corrected chi connectivity index (χ4v) is 2.93. The van der Waals surface area contributed by atoms with Crippen molar-refractivity contribution in [1.29, 1.82) is 0 Å². The summed E-state index contributed by atoms with van der Waals surface area (Å²) in [4.78, 5) is 28.2. The van der Waals surface area contributed by atoms with Gasteiger partial charge >= 0.3 is 0 Å². The van der Waals surface area contributed by atoms with Crippen LogP contribution in [0.2, 0.25) is 0 Å². The highest BCUT2D eigenvalue weighted by molar-refractivity contribution is 6.02. The quantitative estimate of drug-likeness (QED) is 0.694. The summed E-state index contributed by atoms with van der Waals surface area (Å²) < 4.78 is 5.82. The number of benzene rings is 2. The van der Waals surface area contributed by atoms with E-state index in [0.29, 0.717) is 28.0 Å². The van der Waals surface area contributed by atoms with Crippen LogP contribution in [0.1, 0.15) is 16.2 Å². The molecule has 1 aliphatic heterocycles. The van der Waals surface area contributed by atoms with Gasteiger partial charge in [-0.2, -0.15) is 10.1 Å². The van der Waals surface area contributed by atoms with Crippen LogP contribution in [0.25, 0.3) is 10.8 Å². The Hall–Kier alpha value is -4.01. The normalized spacial score (nSPS) is 13.1. The van der Waals surface area contributed by atoms with Gasteiger partial charge in [-0.1, -0.05) is 23.4 Å². The number of pyridine rings is 1. The van der Waals surface area contributed by atoms with E-state index in [0.717, 1.165) is 5.01 Å². The number of aromatic nitrogens is 1. The Morgan fingerprint density at radius 2 is 1.97 bits per heavy atom. The minimum absolute atomic E-state index is 0.0398. The molecule has 4 rings (SSSR count). The average molecular weight is 391 g/mol. The molecule has 0 fully saturated rings. The maximum atomic E-state index is 12.5. The first-order valence-corrected chi connectivity index (χ1v) is 8.85. The number of rotatable bonds is 5. The number of aryl methyl sites for hydroxylation is 1. The van der Waals surface area contributed by atoms with Crippen LogP contribution in [-0.4, -0.2) is 40.1 Å². The van der Waals surface area contributed by atoms with E-state index in [4.69, 9.17) is 4.74 Å². The van der Waals surface area contributed by atoms with Crippen LogP contribution in [0.15, 0.2) is 58.9 Å². The summed E-state index contributed by atoms with van der Waals surface area (Å²) in [6.45, 7) is 1.55. The molecule has 9 nitrogen and oxygen atoms in total. The SMILES string of the molecule is Cc1nc(C(=O)NCN2N=NCC2=O)c(O)c2ccc(Oc3ccccc3)cc12. The van der Waals surface area contributed by atoms with E-state index in [1.165, 1.54) is 0 Å². The summed E-state index contributed by atoms with van der Waals surface area (Å²) >= 11 is 0. The van der Waals surface area contributed by atoms with Gasteiger partial charge in [0.05, 0.1) is 0 Å². The number of para-hydroxylation sites is 1. The molecular formula is C20H17N5O4. The second-order valence-electron chi connectivity index (χ2n) is 6.36. The summed E-state index contributed by atoms with van der Waals surface area (Å²) in [5.74, 6) is 0.0910. The Kier molecular flexibility index (Phi) is 4.78. The molecule has 3 aromatic rings. The molecular weight excluding hydrogens is 374 g/mol. The van der Waals surface area contributed by atoms with Crippen molar-refractivity contribution in [3.63, 3.8) is 0 Å². The Bertz CT molecular complexity index is 1130. The predicted molar refractivity (Wildman–Crippen MR) is 104 cm³/mol. The first kappa shape index (κ1) is 18.4. The number of amides is 2. The summed E-state index contributed by atoms with van der Waals surface area (Å²) in [5, 5.41) is 22.5. The van der Waals surface area contributed by atoms with Gasteiger partial charge in [0.1, 0.15) is 24.7 Å². The van der Waals surface area contributed by atoms with Crippen LogP contribution in [0.4, 0.5) is 0 Å². The number of carbonyl (C=O) groups excluding carboxylic acids is 2. The molecule has 2 heterocycles. The van der Waals surface area contributed by atoms with Crippen LogP contribution in [-0.2, 0) is 4.79 Å². The molecule has 9 heteroatoms. The zero-order valence-electron chi connectivity index (χ0n) is 15.5. The summed E-state index contributed by atoms with van der Waals surface area (Å²) in [6.07, 6.45) is 0. The number of aromatic hydroxyl groups is 1. The molecule has 1 aliphatic rings. The lowest BCUT2D eigenvalue weighted by atomic mass is 10.1. The molecule has 2 aromatic carbocycles. The van der Waals surface area contributed by atoms with Crippen LogP contribution in [0, 0.1) is 6.92 Å². The highest BCUT2D eigenvalue weighted by atomic mass is 16.5. The first-order valence-electron chi connectivity index (χ1n) is 8.85. The van der Waals surface area contributed by atoms with Gasteiger partial charge in [0.2, 0.25) is 0 Å². The Morgan fingerprint density at radius 1 is 1.17 bits per heavy atom. The molecule has 2 N–H and O–H groups in total. The van der Waals surface area contributed by atoms with E-state index >= 15 is 0 Å². The Labute approximate surface area is 165 Å². The second kappa shape index (κ2) is 7.55. The monoisotopic (exact) mass is 391 g/mol. The maximum absolute atomic E-state index is 12.5. The number of ether oxygens (including phenoxy) is 1. The van der Waals surface area contributed by atoms with Gasteiger partial charge in [-0.15, -0.1) is 0 Å². The summed E-state index contributed by atoms with van der Waals surface area (Å²) in [6, 6.07) is 14.5. The third kappa shape index (κ3) is 3.70. The highest BCUT2D eigenvalue weighted by Gasteiger charge is 2.22. The molecule has 0 spiro atoms. The van der Waals surface area contributed by atoms with Crippen molar-refractivity contribution in [2.75, 3.05) is 13.2 Å². The average Bonchev–Trinajstić information content (AvgIpc) is 3.14. The lowest BCUT2D eigenvalue weighted by molar-refractivity contribution is -0.127. The lowest BCUT2D eigenvalue weighted by Gasteiger charge is -2.14. The van der Waals surface area contributed by atoms with Crippen molar-refractivity contribution in [1.82, 2.24) is 15.3 Å². The maximum Gasteiger partial charge on any atom is 0.275 e. The zero-order chi connectivity index (χ0) is 20.4. The van der Waals surface area contributed by atoms with Crippen LogP contribution in [0.3, 0.4) is 0 Å². The molecule has 1 aromatic heterocycles. The minimum atomic E-state index is -0.619. The molecule has 146 valence electrons. The molecule has 0 atom stereocenters. The standard InChI is InChI=1S/C20H17N5O4/c1-12-16-9-14(29-13-5-3-2-4-6-13)7-8-15(16)19(27)18(23-12)20(28)21-11-25-17(26)10-22-24-25/h2-9,27H,10-11H2,1H3,(H,21,28). The van der Waals surface area contributed by atoms with Crippen molar-refractivity contribution in [2.24, 2.45) is 10.3 Å². The van der Waals surface area contributed by atoms with Crippen LogP contribution in [0.5, 0.6) is 17.2 Å². The van der Waals surface area contributed by atoms with Gasteiger partial charge in [0.15, 0.2) is 11.4 Å². The van der Waals surface area contributed by atoms with Crippen molar-refractivity contribution < 1.29 is 19.4 Å². The van der Waals surface area contributed by atoms with Gasteiger partial charge < -0.3 is 15.2 Å². The van der Waals surface area contributed by atoms with Crippen LogP contribution >= 0.6 is 0 Å². The summed E-state index contributed by atoms with van der Waals surface area (Å²) in [7, 11) is 0. The molecule has 0 radical (unpaired) electrons. The van der Waals surface area contributed by atoms with E-state index in [1.807, 2.05) is 30.3 Å². The first-order chi connectivity index (χ1) is 14.0. The molecule has 29 heavy (non-hydrogen) atoms. The largest absolute Gasteiger partial charge is 0.505 e. The van der Waals surface area contributed by atoms with Crippen LogP contribution < -0.4 is 10.1 Å². The van der Waals surface area contributed by atoms with Gasteiger partial charge in [0.25, 0.3) is 11.8 Å². The van der Waals surface area contributed by atoms with Gasteiger partial charge in [-0.3, -0.25) is 9.59 Å². The molecule has 0 bridgehead atoms. The number of fused-ring (bicyclic) bond motifs is 1. The minimum Gasteiger partial charge on any atom is -0.505 e. The molecule has 0 aliphatic carbocycles. The van der Waals surface area contributed by atoms with Crippen molar-refractivity contribution in [2.45, 2.75) is 6.92 Å². The fraction of sp³-hybridized carbons (Fsp3) is 0.150. The third-order valence-corrected chi connectivity index (χ3v) is 4.39. The molecule has 2 amide bonds. The number of nitrogens with zero attached hydrogens (tertiary/aromatic N) is 4. The van der Waals surface area contributed by atoms with Gasteiger partial charge in [0, 0.05) is 16.5 Å². The smallest absolute Gasteiger partial charge is 0.275 e. The highest BCUT2D eigenvalue weighted by Crippen LogP contribution is 2.33. The molecule has 0 saturated carbocycles. The van der Waals surface area contributed by atoms with E-state index < -0.39 is 5.91 Å². The van der Waals surface area contributed by atoms with Crippen molar-refractivity contribution >= 4 is 22.6 Å². The predicted octanol–water partition coefficient (Wildman–Crippen LogP) is 2.94. The van der Waals surface area contributed by atoms with Gasteiger partial charge in [-0.25, -0.2) is 4.98 Å². The Morgan fingerprint density at radius 3 is 2.69 bits per heavy atom.